The van der Waals surface area contributed by atoms with Gasteiger partial charge in [0.1, 0.15) is 0 Å². The smallest absolute Gasteiger partial charge is 0.0888 e. The van der Waals surface area contributed by atoms with Crippen LogP contribution in [0.5, 0.6) is 0 Å². The highest BCUT2D eigenvalue weighted by Gasteiger charge is 2.07. The van der Waals surface area contributed by atoms with Gasteiger partial charge in [-0.05, 0) is 19.8 Å². The summed E-state index contributed by atoms with van der Waals surface area (Å²) in [5, 5.41) is 7.99. The van der Waals surface area contributed by atoms with E-state index in [0.29, 0.717) is 6.04 Å². The molecule has 0 aliphatic rings. The highest BCUT2D eigenvalue weighted by Crippen LogP contribution is 2.19. The second-order valence-corrected chi connectivity index (χ2v) is 5.26. The average molecular weight is 275 g/mol. The second-order valence-electron chi connectivity index (χ2n) is 5.26. The van der Waals surface area contributed by atoms with Gasteiger partial charge in [0, 0.05) is 11.6 Å². The van der Waals surface area contributed by atoms with Gasteiger partial charge in [0.05, 0.1) is 11.9 Å². The normalized spacial score (nSPS) is 9.65. The molecular weight excluding hydrogens is 246 g/mol. The van der Waals surface area contributed by atoms with E-state index < -0.39 is 0 Å². The summed E-state index contributed by atoms with van der Waals surface area (Å²) in [5.74, 6) is 0.833. The third-order valence-corrected chi connectivity index (χ3v) is 2.13. The molecule has 3 heteroatoms. The number of benzene rings is 1. The topological polar surface area (TPSA) is 30.7 Å². The Morgan fingerprint density at radius 1 is 0.900 bits per heavy atom. The van der Waals surface area contributed by atoms with Crippen molar-refractivity contribution in [3.8, 4) is 11.3 Å². The quantitative estimate of drug-likeness (QED) is 0.752. The van der Waals surface area contributed by atoms with Crippen LogP contribution in [0.3, 0.4) is 0 Å². The zero-order valence-electron chi connectivity index (χ0n) is 14.0. The summed E-state index contributed by atoms with van der Waals surface area (Å²) in [7, 11) is 0. The number of hydrogen-bond donors (Lipinski definition) is 0. The van der Waals surface area contributed by atoms with E-state index in [1.807, 2.05) is 36.7 Å². The molecule has 0 unspecified atom stereocenters. The molecule has 20 heavy (non-hydrogen) atoms. The molecule has 1 aromatic carbocycles. The Labute approximate surface area is 124 Å². The van der Waals surface area contributed by atoms with Crippen molar-refractivity contribution in [2.45, 2.75) is 54.5 Å². The molecule has 0 spiro atoms. The van der Waals surface area contributed by atoms with Crippen LogP contribution in [0.2, 0.25) is 0 Å². The SMILES string of the molecule is CC.CC(C)C.CC(C)n1nncc1-c1ccccc1. The van der Waals surface area contributed by atoms with Crippen LogP contribution in [-0.4, -0.2) is 15.0 Å². The minimum Gasteiger partial charge on any atom is -0.242 e. The lowest BCUT2D eigenvalue weighted by atomic mass is 10.1. The lowest BCUT2D eigenvalue weighted by Gasteiger charge is -2.08. The van der Waals surface area contributed by atoms with Crippen LogP contribution >= 0.6 is 0 Å². The van der Waals surface area contributed by atoms with E-state index in [4.69, 9.17) is 0 Å². The Bertz CT molecular complexity index is 442. The Kier molecular flexibility index (Phi) is 9.35. The average Bonchev–Trinajstić information content (AvgIpc) is 2.91. The summed E-state index contributed by atoms with van der Waals surface area (Å²) in [4.78, 5) is 0. The van der Waals surface area contributed by atoms with Crippen molar-refractivity contribution >= 4 is 0 Å². The van der Waals surface area contributed by atoms with Gasteiger partial charge >= 0.3 is 0 Å². The maximum Gasteiger partial charge on any atom is 0.0888 e. The molecular formula is C17H29N3. The van der Waals surface area contributed by atoms with Crippen molar-refractivity contribution in [2.75, 3.05) is 0 Å². The van der Waals surface area contributed by atoms with E-state index in [2.05, 4.69) is 57.1 Å². The lowest BCUT2D eigenvalue weighted by molar-refractivity contribution is 0.519. The van der Waals surface area contributed by atoms with E-state index in [-0.39, 0.29) is 0 Å². The first-order chi connectivity index (χ1) is 9.52. The second kappa shape index (κ2) is 10.2. The standard InChI is InChI=1S/C11H13N3.C4H10.C2H6/c1-9(2)14-11(8-12-13-14)10-6-4-3-5-7-10;1-4(2)3;1-2/h3-9H,1-2H3;4H,1-3H3;1-2H3. The Hall–Kier alpha value is -1.64. The van der Waals surface area contributed by atoms with Gasteiger partial charge < -0.3 is 0 Å². The predicted octanol–water partition coefficient (Wildman–Crippen LogP) is 5.21. The Balaban J connectivity index is 0.000000521. The third kappa shape index (κ3) is 6.50. The molecule has 0 aliphatic heterocycles. The van der Waals surface area contributed by atoms with E-state index >= 15 is 0 Å². The fourth-order valence-corrected chi connectivity index (χ4v) is 1.44. The number of aromatic nitrogens is 3. The largest absolute Gasteiger partial charge is 0.242 e. The van der Waals surface area contributed by atoms with Crippen LogP contribution in [0.1, 0.15) is 54.5 Å². The summed E-state index contributed by atoms with van der Waals surface area (Å²) in [5.41, 5.74) is 2.23. The van der Waals surface area contributed by atoms with Gasteiger partial charge in [0.2, 0.25) is 0 Å². The molecule has 3 nitrogen and oxygen atoms in total. The fraction of sp³-hybridized carbons (Fsp3) is 0.529. The van der Waals surface area contributed by atoms with Crippen LogP contribution in [0, 0.1) is 5.92 Å². The van der Waals surface area contributed by atoms with E-state index in [0.717, 1.165) is 17.2 Å². The predicted molar refractivity (Wildman–Crippen MR) is 87.7 cm³/mol. The van der Waals surface area contributed by atoms with E-state index in [1.54, 1.807) is 6.20 Å². The lowest BCUT2D eigenvalue weighted by Crippen LogP contribution is -2.04. The maximum atomic E-state index is 4.06. The van der Waals surface area contributed by atoms with Gasteiger partial charge in [-0.1, -0.05) is 70.2 Å². The zero-order chi connectivity index (χ0) is 15.5. The molecule has 2 aromatic rings. The van der Waals surface area contributed by atoms with E-state index in [1.165, 1.54) is 0 Å². The maximum absolute atomic E-state index is 4.06. The Morgan fingerprint density at radius 2 is 1.40 bits per heavy atom. The monoisotopic (exact) mass is 275 g/mol. The molecule has 0 fully saturated rings. The summed E-state index contributed by atoms with van der Waals surface area (Å²) >= 11 is 0. The highest BCUT2D eigenvalue weighted by molar-refractivity contribution is 5.57. The molecule has 0 N–H and O–H groups in total. The van der Waals surface area contributed by atoms with Crippen molar-refractivity contribution in [1.82, 2.24) is 15.0 Å². The Morgan fingerprint density at radius 3 is 1.85 bits per heavy atom. The van der Waals surface area contributed by atoms with Crippen molar-refractivity contribution in [1.29, 1.82) is 0 Å². The molecule has 2 rings (SSSR count). The van der Waals surface area contributed by atoms with Crippen molar-refractivity contribution in [3.05, 3.63) is 36.5 Å². The molecule has 0 bridgehead atoms. The highest BCUT2D eigenvalue weighted by atomic mass is 15.4. The van der Waals surface area contributed by atoms with Crippen LogP contribution in [-0.2, 0) is 0 Å². The summed E-state index contributed by atoms with van der Waals surface area (Å²) in [6.45, 7) is 14.7. The number of nitrogens with zero attached hydrogens (tertiary/aromatic N) is 3. The summed E-state index contributed by atoms with van der Waals surface area (Å²) in [6.07, 6.45) is 1.80. The first kappa shape index (κ1) is 18.4. The van der Waals surface area contributed by atoms with Gasteiger partial charge in [-0.2, -0.15) is 0 Å². The molecule has 0 aliphatic carbocycles. The van der Waals surface area contributed by atoms with Crippen LogP contribution < -0.4 is 0 Å². The molecule has 1 aromatic heterocycles. The molecule has 0 saturated heterocycles. The van der Waals surface area contributed by atoms with Gasteiger partial charge in [-0.3, -0.25) is 0 Å². The van der Waals surface area contributed by atoms with Crippen molar-refractivity contribution < 1.29 is 0 Å². The van der Waals surface area contributed by atoms with Gasteiger partial charge in [0.15, 0.2) is 0 Å². The van der Waals surface area contributed by atoms with Crippen LogP contribution in [0.4, 0.5) is 0 Å². The van der Waals surface area contributed by atoms with Crippen molar-refractivity contribution in [2.24, 2.45) is 5.92 Å². The van der Waals surface area contributed by atoms with Gasteiger partial charge in [-0.15, -0.1) is 5.10 Å². The third-order valence-electron chi connectivity index (χ3n) is 2.13. The molecule has 112 valence electrons. The fourth-order valence-electron chi connectivity index (χ4n) is 1.44. The molecule has 0 amide bonds. The molecule has 0 atom stereocenters. The number of rotatable bonds is 2. The van der Waals surface area contributed by atoms with Gasteiger partial charge in [-0.25, -0.2) is 4.68 Å². The first-order valence-electron chi connectivity index (χ1n) is 7.48. The molecule has 1 heterocycles. The van der Waals surface area contributed by atoms with Crippen LogP contribution in [0.15, 0.2) is 36.5 Å². The summed E-state index contributed by atoms with van der Waals surface area (Å²) < 4.78 is 1.93. The first-order valence-corrected chi connectivity index (χ1v) is 7.48. The molecule has 0 saturated carbocycles. The molecule has 0 radical (unpaired) electrons. The number of hydrogen-bond acceptors (Lipinski definition) is 2. The van der Waals surface area contributed by atoms with Crippen molar-refractivity contribution in [3.63, 3.8) is 0 Å². The van der Waals surface area contributed by atoms with Gasteiger partial charge in [0.25, 0.3) is 0 Å². The zero-order valence-corrected chi connectivity index (χ0v) is 14.0. The van der Waals surface area contributed by atoms with Crippen LogP contribution in [0.25, 0.3) is 11.3 Å². The minimum absolute atomic E-state index is 0.340. The summed E-state index contributed by atoms with van der Waals surface area (Å²) in [6, 6.07) is 10.5. The van der Waals surface area contributed by atoms with E-state index in [9.17, 15) is 0 Å². The minimum atomic E-state index is 0.340.